The van der Waals surface area contributed by atoms with E-state index in [1.54, 1.807) is 24.3 Å². The van der Waals surface area contributed by atoms with Crippen LogP contribution in [0.5, 0.6) is 5.75 Å². The monoisotopic (exact) mass is 275 g/mol. The van der Waals surface area contributed by atoms with Gasteiger partial charge in [-0.15, -0.1) is 0 Å². The Morgan fingerprint density at radius 3 is 2.65 bits per heavy atom. The van der Waals surface area contributed by atoms with E-state index in [-0.39, 0.29) is 17.2 Å². The molecule has 2 rings (SSSR count). The maximum Gasteiger partial charge on any atom is 0.274 e. The highest BCUT2D eigenvalue weighted by Gasteiger charge is 2.18. The third-order valence-corrected chi connectivity index (χ3v) is 3.35. The second kappa shape index (κ2) is 5.96. The van der Waals surface area contributed by atoms with Gasteiger partial charge in [0.15, 0.2) is 0 Å². The molecule has 0 aliphatic heterocycles. The van der Waals surface area contributed by atoms with Crippen LogP contribution < -0.4 is 11.3 Å². The number of aromatic nitrogens is 2. The highest BCUT2D eigenvalue weighted by atomic mass is 16.3. The van der Waals surface area contributed by atoms with Crippen molar-refractivity contribution in [1.29, 1.82) is 0 Å². The van der Waals surface area contributed by atoms with Crippen LogP contribution in [0.15, 0.2) is 29.1 Å². The first kappa shape index (κ1) is 14.4. The van der Waals surface area contributed by atoms with Crippen LogP contribution in [0.25, 0.3) is 5.69 Å². The molecule has 5 heteroatoms. The maximum atomic E-state index is 12.5. The van der Waals surface area contributed by atoms with Crippen LogP contribution >= 0.6 is 0 Å². The highest BCUT2D eigenvalue weighted by molar-refractivity contribution is 5.45. The van der Waals surface area contributed by atoms with Crippen molar-refractivity contribution in [3.05, 3.63) is 45.9 Å². The van der Waals surface area contributed by atoms with Gasteiger partial charge in [-0.05, 0) is 37.4 Å². The Kier molecular flexibility index (Phi) is 4.29. The third-order valence-electron chi connectivity index (χ3n) is 3.35. The summed E-state index contributed by atoms with van der Waals surface area (Å²) in [6, 6.07) is 6.80. The van der Waals surface area contributed by atoms with Gasteiger partial charge in [0.25, 0.3) is 5.56 Å². The average Bonchev–Trinajstić information content (AvgIpc) is 2.74. The molecular formula is C15H21N3O2. The van der Waals surface area contributed by atoms with E-state index >= 15 is 0 Å². The molecule has 4 N–H and O–H groups in total. The lowest BCUT2D eigenvalue weighted by molar-refractivity contribution is 0.469. The Bertz CT molecular complexity index is 641. The number of hydrogen-bond acceptors (Lipinski definition) is 3. The zero-order chi connectivity index (χ0) is 14.7. The number of phenolic OH excluding ortho intramolecular Hbond substituents is 1. The molecule has 0 aliphatic carbocycles. The second-order valence-electron chi connectivity index (χ2n) is 5.18. The average molecular weight is 275 g/mol. The molecule has 0 radical (unpaired) electrons. The molecule has 1 heterocycles. The quantitative estimate of drug-likeness (QED) is 0.779. The summed E-state index contributed by atoms with van der Waals surface area (Å²) in [6.07, 6.45) is 1.42. The second-order valence-corrected chi connectivity index (χ2v) is 5.18. The number of aromatic amines is 1. The van der Waals surface area contributed by atoms with Crippen molar-refractivity contribution < 1.29 is 5.11 Å². The summed E-state index contributed by atoms with van der Waals surface area (Å²) in [5.41, 5.74) is 7.57. The Morgan fingerprint density at radius 1 is 1.35 bits per heavy atom. The zero-order valence-electron chi connectivity index (χ0n) is 11.9. The van der Waals surface area contributed by atoms with Gasteiger partial charge < -0.3 is 10.8 Å². The lowest BCUT2D eigenvalue weighted by Gasteiger charge is -2.05. The Balaban J connectivity index is 2.56. The molecule has 0 bridgehead atoms. The molecule has 0 saturated heterocycles. The topological polar surface area (TPSA) is 84.0 Å². The summed E-state index contributed by atoms with van der Waals surface area (Å²) >= 11 is 0. The van der Waals surface area contributed by atoms with Gasteiger partial charge in [0.2, 0.25) is 0 Å². The molecule has 1 aromatic heterocycles. The van der Waals surface area contributed by atoms with Crippen LogP contribution in [0.3, 0.4) is 0 Å². The number of nitrogens with zero attached hydrogens (tertiary/aromatic N) is 1. The minimum absolute atomic E-state index is 0.0801. The van der Waals surface area contributed by atoms with E-state index in [2.05, 4.69) is 5.10 Å². The lowest BCUT2D eigenvalue weighted by Crippen LogP contribution is -2.18. The summed E-state index contributed by atoms with van der Waals surface area (Å²) in [4.78, 5) is 12.5. The van der Waals surface area contributed by atoms with Crippen LogP contribution in [0, 0.1) is 0 Å². The number of para-hydroxylation sites is 2. The third kappa shape index (κ3) is 2.63. The molecule has 2 aromatic rings. The van der Waals surface area contributed by atoms with Crippen LogP contribution in [0.1, 0.15) is 37.4 Å². The van der Waals surface area contributed by atoms with Crippen LogP contribution in [0.4, 0.5) is 0 Å². The standard InChI is InChI=1S/C15H21N3O2/c1-10(2)14-11(6-5-9-16)15(20)18(17-14)12-7-3-4-8-13(12)19/h3-4,7-8,10,17,19H,5-6,9,16H2,1-2H3. The maximum absolute atomic E-state index is 12.5. The number of hydrogen-bond donors (Lipinski definition) is 3. The largest absolute Gasteiger partial charge is 0.506 e. The first-order valence-corrected chi connectivity index (χ1v) is 6.88. The van der Waals surface area contributed by atoms with E-state index in [1.165, 1.54) is 4.68 Å². The smallest absolute Gasteiger partial charge is 0.274 e. The molecule has 0 spiro atoms. The molecule has 0 atom stereocenters. The fourth-order valence-electron chi connectivity index (χ4n) is 2.31. The van der Waals surface area contributed by atoms with E-state index < -0.39 is 0 Å². The minimum atomic E-state index is -0.108. The van der Waals surface area contributed by atoms with Crippen LogP contribution in [-0.4, -0.2) is 21.4 Å². The number of nitrogens with two attached hydrogens (primary N) is 1. The fourth-order valence-corrected chi connectivity index (χ4v) is 2.31. The molecule has 5 nitrogen and oxygen atoms in total. The van der Waals surface area contributed by atoms with Crippen molar-refractivity contribution in [3.63, 3.8) is 0 Å². The summed E-state index contributed by atoms with van der Waals surface area (Å²) in [5.74, 6) is 0.291. The summed E-state index contributed by atoms with van der Waals surface area (Å²) < 4.78 is 1.41. The number of rotatable bonds is 5. The van der Waals surface area contributed by atoms with Crippen molar-refractivity contribution in [1.82, 2.24) is 9.78 Å². The Morgan fingerprint density at radius 2 is 2.05 bits per heavy atom. The number of aromatic hydroxyl groups is 1. The number of nitrogens with one attached hydrogen (secondary N) is 1. The van der Waals surface area contributed by atoms with Gasteiger partial charge >= 0.3 is 0 Å². The van der Waals surface area contributed by atoms with E-state index in [1.807, 2.05) is 13.8 Å². The highest BCUT2D eigenvalue weighted by Crippen LogP contribution is 2.22. The number of H-pyrrole nitrogens is 1. The van der Waals surface area contributed by atoms with Crippen LogP contribution in [-0.2, 0) is 6.42 Å². The van der Waals surface area contributed by atoms with Crippen molar-refractivity contribution in [2.75, 3.05) is 6.54 Å². The molecular weight excluding hydrogens is 254 g/mol. The van der Waals surface area contributed by atoms with Gasteiger partial charge in [0, 0.05) is 11.3 Å². The first-order chi connectivity index (χ1) is 9.56. The molecule has 1 aromatic carbocycles. The minimum Gasteiger partial charge on any atom is -0.506 e. The molecule has 108 valence electrons. The van der Waals surface area contributed by atoms with E-state index in [0.29, 0.717) is 18.7 Å². The van der Waals surface area contributed by atoms with Crippen molar-refractivity contribution >= 4 is 0 Å². The van der Waals surface area contributed by atoms with Gasteiger partial charge in [-0.25, -0.2) is 4.68 Å². The SMILES string of the molecule is CC(C)c1[nH]n(-c2ccccc2O)c(=O)c1CCCN. The van der Waals surface area contributed by atoms with Gasteiger partial charge in [0.05, 0.1) is 0 Å². The Labute approximate surface area is 118 Å². The van der Waals surface area contributed by atoms with E-state index in [9.17, 15) is 9.90 Å². The summed E-state index contributed by atoms with van der Waals surface area (Å²) in [5, 5.41) is 13.0. The van der Waals surface area contributed by atoms with Crippen molar-refractivity contribution in [3.8, 4) is 11.4 Å². The van der Waals surface area contributed by atoms with Gasteiger partial charge in [-0.3, -0.25) is 9.89 Å². The molecule has 0 unspecified atom stereocenters. The zero-order valence-corrected chi connectivity index (χ0v) is 11.9. The number of benzene rings is 1. The van der Waals surface area contributed by atoms with E-state index in [4.69, 9.17) is 5.73 Å². The van der Waals surface area contributed by atoms with Gasteiger partial charge in [-0.1, -0.05) is 26.0 Å². The fraction of sp³-hybridized carbons (Fsp3) is 0.400. The summed E-state index contributed by atoms with van der Waals surface area (Å²) in [7, 11) is 0. The molecule has 0 amide bonds. The van der Waals surface area contributed by atoms with Crippen molar-refractivity contribution in [2.24, 2.45) is 5.73 Å². The predicted molar refractivity (Wildman–Crippen MR) is 79.5 cm³/mol. The molecule has 0 fully saturated rings. The predicted octanol–water partition coefficient (Wildman–Crippen LogP) is 1.89. The molecule has 0 aliphatic rings. The van der Waals surface area contributed by atoms with Gasteiger partial charge in [0.1, 0.15) is 11.4 Å². The normalized spacial score (nSPS) is 11.2. The lowest BCUT2D eigenvalue weighted by atomic mass is 10.0. The molecule has 20 heavy (non-hydrogen) atoms. The number of phenols is 1. The van der Waals surface area contributed by atoms with Gasteiger partial charge in [-0.2, -0.15) is 0 Å². The van der Waals surface area contributed by atoms with Crippen molar-refractivity contribution in [2.45, 2.75) is 32.6 Å². The van der Waals surface area contributed by atoms with Crippen LogP contribution in [0.2, 0.25) is 0 Å². The molecule has 0 saturated carbocycles. The Hall–Kier alpha value is -2.01. The summed E-state index contributed by atoms with van der Waals surface area (Å²) in [6.45, 7) is 4.62. The van der Waals surface area contributed by atoms with E-state index in [0.717, 1.165) is 17.7 Å². The first-order valence-electron chi connectivity index (χ1n) is 6.88.